The second-order valence-electron chi connectivity index (χ2n) is 4.58. The van der Waals surface area contributed by atoms with Gasteiger partial charge in [-0.3, -0.25) is 10.1 Å². The van der Waals surface area contributed by atoms with Gasteiger partial charge in [0.25, 0.3) is 5.91 Å². The molecule has 0 aliphatic carbocycles. The molecule has 0 saturated heterocycles. The first-order chi connectivity index (χ1) is 10.5. The molecule has 3 nitrogen and oxygen atoms in total. The molecule has 0 unspecified atom stereocenters. The molecule has 0 bridgehead atoms. The molecule has 6 heteroatoms. The minimum atomic E-state index is -0.256. The number of thiocarbonyl (C=S) groups is 1. The first-order valence-electron chi connectivity index (χ1n) is 6.66. The Morgan fingerprint density at radius 2 is 1.91 bits per heavy atom. The van der Waals surface area contributed by atoms with Gasteiger partial charge in [0, 0.05) is 10.0 Å². The third-order valence-electron chi connectivity index (χ3n) is 3.03. The van der Waals surface area contributed by atoms with Crippen molar-refractivity contribution in [3.05, 3.63) is 63.1 Å². The number of carbonyl (C=O) groups excluding carboxylic acids is 1. The lowest BCUT2D eigenvalue weighted by molar-refractivity contribution is 0.0977. The summed E-state index contributed by atoms with van der Waals surface area (Å²) in [6.07, 6.45) is 0.934. The summed E-state index contributed by atoms with van der Waals surface area (Å²) in [5.41, 5.74) is 2.37. The minimum absolute atomic E-state index is 0.203. The maximum absolute atomic E-state index is 12.1. The summed E-state index contributed by atoms with van der Waals surface area (Å²) in [7, 11) is 0. The van der Waals surface area contributed by atoms with E-state index in [1.165, 1.54) is 5.56 Å². The Bertz CT molecular complexity index is 704. The highest BCUT2D eigenvalue weighted by Crippen LogP contribution is 2.25. The molecule has 0 saturated carbocycles. The van der Waals surface area contributed by atoms with Gasteiger partial charge in [-0.1, -0.05) is 46.6 Å². The number of amides is 1. The molecule has 0 spiro atoms. The molecule has 0 radical (unpaired) electrons. The van der Waals surface area contributed by atoms with E-state index >= 15 is 0 Å². The Hall–Kier alpha value is -1.43. The van der Waals surface area contributed by atoms with Crippen LogP contribution in [0.5, 0.6) is 0 Å². The number of carbonyl (C=O) groups is 1. The van der Waals surface area contributed by atoms with Crippen LogP contribution in [0.4, 0.5) is 5.69 Å². The summed E-state index contributed by atoms with van der Waals surface area (Å²) in [6.45, 7) is 2.07. The molecule has 0 aliphatic heterocycles. The van der Waals surface area contributed by atoms with Crippen molar-refractivity contribution in [3.63, 3.8) is 0 Å². The summed E-state index contributed by atoms with van der Waals surface area (Å²) in [5.74, 6) is -0.256. The SMILES string of the molecule is CCc1ccc(C(=O)NC(=S)Nc2ccc(Br)cc2Cl)cc1. The first kappa shape index (κ1) is 16.9. The van der Waals surface area contributed by atoms with E-state index in [0.29, 0.717) is 16.3 Å². The van der Waals surface area contributed by atoms with Crippen LogP contribution >= 0.6 is 39.7 Å². The lowest BCUT2D eigenvalue weighted by Crippen LogP contribution is -2.34. The van der Waals surface area contributed by atoms with Crippen molar-refractivity contribution in [2.45, 2.75) is 13.3 Å². The van der Waals surface area contributed by atoms with Gasteiger partial charge < -0.3 is 5.32 Å². The number of aryl methyl sites for hydroxylation is 1. The van der Waals surface area contributed by atoms with Crippen molar-refractivity contribution >= 4 is 56.5 Å². The van der Waals surface area contributed by atoms with Crippen molar-refractivity contribution in [2.75, 3.05) is 5.32 Å². The molecule has 114 valence electrons. The fourth-order valence-electron chi connectivity index (χ4n) is 1.81. The molecule has 2 N–H and O–H groups in total. The Balaban J connectivity index is 2.00. The lowest BCUT2D eigenvalue weighted by atomic mass is 10.1. The maximum atomic E-state index is 12.1. The van der Waals surface area contributed by atoms with Gasteiger partial charge in [0.2, 0.25) is 0 Å². The van der Waals surface area contributed by atoms with Crippen molar-refractivity contribution in [1.82, 2.24) is 5.32 Å². The second kappa shape index (κ2) is 7.72. The molecule has 0 aliphatic rings. The predicted octanol–water partition coefficient (Wildman–Crippen LogP) is 4.79. The summed E-state index contributed by atoms with van der Waals surface area (Å²) in [5, 5.41) is 6.26. The average molecular weight is 398 g/mol. The number of hydrogen-bond donors (Lipinski definition) is 2. The first-order valence-corrected chi connectivity index (χ1v) is 8.24. The molecule has 2 aromatic rings. The van der Waals surface area contributed by atoms with Gasteiger partial charge in [-0.2, -0.15) is 0 Å². The highest BCUT2D eigenvalue weighted by Gasteiger charge is 2.09. The van der Waals surface area contributed by atoms with Gasteiger partial charge >= 0.3 is 0 Å². The molecule has 22 heavy (non-hydrogen) atoms. The third-order valence-corrected chi connectivity index (χ3v) is 4.04. The number of hydrogen-bond acceptors (Lipinski definition) is 2. The zero-order valence-corrected chi connectivity index (χ0v) is 15.0. The monoisotopic (exact) mass is 396 g/mol. The molecule has 0 heterocycles. The van der Waals surface area contributed by atoms with Crippen LogP contribution in [0.1, 0.15) is 22.8 Å². The maximum Gasteiger partial charge on any atom is 0.257 e. The Morgan fingerprint density at radius 1 is 1.23 bits per heavy atom. The molecule has 2 aromatic carbocycles. The number of rotatable bonds is 3. The van der Waals surface area contributed by atoms with E-state index in [9.17, 15) is 4.79 Å². The normalized spacial score (nSPS) is 10.1. The largest absolute Gasteiger partial charge is 0.331 e. The van der Waals surface area contributed by atoms with Crippen LogP contribution in [0.25, 0.3) is 0 Å². The van der Waals surface area contributed by atoms with Gasteiger partial charge in [0.1, 0.15) is 0 Å². The third kappa shape index (κ3) is 4.53. The van der Waals surface area contributed by atoms with Crippen LogP contribution in [0, 0.1) is 0 Å². The van der Waals surface area contributed by atoms with Gasteiger partial charge in [-0.25, -0.2) is 0 Å². The van der Waals surface area contributed by atoms with Gasteiger partial charge in [-0.15, -0.1) is 0 Å². The Labute approximate surface area is 148 Å². The zero-order valence-electron chi connectivity index (χ0n) is 11.8. The van der Waals surface area contributed by atoms with Crippen molar-refractivity contribution in [2.24, 2.45) is 0 Å². The number of benzene rings is 2. The number of halogens is 2. The molecule has 0 aromatic heterocycles. The Morgan fingerprint density at radius 3 is 2.50 bits per heavy atom. The van der Waals surface area contributed by atoms with E-state index in [2.05, 4.69) is 33.5 Å². The standard InChI is InChI=1S/C16H14BrClN2OS/c1-2-10-3-5-11(6-4-10)15(21)20-16(22)19-14-8-7-12(17)9-13(14)18/h3-9H,2H2,1H3,(H2,19,20,21,22). The second-order valence-corrected chi connectivity index (χ2v) is 6.31. The molecule has 2 rings (SSSR count). The lowest BCUT2D eigenvalue weighted by Gasteiger charge is -2.11. The summed E-state index contributed by atoms with van der Waals surface area (Å²) in [4.78, 5) is 12.1. The van der Waals surface area contributed by atoms with E-state index in [1.807, 2.05) is 18.2 Å². The molecule has 1 amide bonds. The van der Waals surface area contributed by atoms with E-state index in [0.717, 1.165) is 10.9 Å². The quantitative estimate of drug-likeness (QED) is 0.732. The fraction of sp³-hybridized carbons (Fsp3) is 0.125. The number of nitrogens with one attached hydrogen (secondary N) is 2. The van der Waals surface area contributed by atoms with Gasteiger partial charge in [0.15, 0.2) is 5.11 Å². The highest BCUT2D eigenvalue weighted by atomic mass is 79.9. The smallest absolute Gasteiger partial charge is 0.257 e. The van der Waals surface area contributed by atoms with E-state index in [4.69, 9.17) is 23.8 Å². The highest BCUT2D eigenvalue weighted by molar-refractivity contribution is 9.10. The predicted molar refractivity (Wildman–Crippen MR) is 98.7 cm³/mol. The van der Waals surface area contributed by atoms with Crippen LogP contribution < -0.4 is 10.6 Å². The van der Waals surface area contributed by atoms with E-state index in [1.54, 1.807) is 24.3 Å². The summed E-state index contributed by atoms with van der Waals surface area (Å²) < 4.78 is 0.869. The molecular formula is C16H14BrClN2OS. The molecular weight excluding hydrogens is 384 g/mol. The zero-order chi connectivity index (χ0) is 16.1. The van der Waals surface area contributed by atoms with Crippen LogP contribution in [0.2, 0.25) is 5.02 Å². The van der Waals surface area contributed by atoms with E-state index < -0.39 is 0 Å². The van der Waals surface area contributed by atoms with Crippen molar-refractivity contribution in [1.29, 1.82) is 0 Å². The average Bonchev–Trinajstić information content (AvgIpc) is 2.50. The van der Waals surface area contributed by atoms with Crippen molar-refractivity contribution < 1.29 is 4.79 Å². The minimum Gasteiger partial charge on any atom is -0.331 e. The van der Waals surface area contributed by atoms with Crippen LogP contribution in [0.15, 0.2) is 46.9 Å². The molecule has 0 atom stereocenters. The molecule has 0 fully saturated rings. The summed E-state index contributed by atoms with van der Waals surface area (Å²) in [6, 6.07) is 12.8. The topological polar surface area (TPSA) is 41.1 Å². The van der Waals surface area contributed by atoms with Gasteiger partial charge in [-0.05, 0) is 54.5 Å². The van der Waals surface area contributed by atoms with Crippen LogP contribution in [-0.2, 0) is 6.42 Å². The summed E-state index contributed by atoms with van der Waals surface area (Å²) >= 11 is 14.6. The Kier molecular flexibility index (Phi) is 5.94. The van der Waals surface area contributed by atoms with E-state index in [-0.39, 0.29) is 11.0 Å². The fourth-order valence-corrected chi connectivity index (χ4v) is 2.73. The van der Waals surface area contributed by atoms with Crippen LogP contribution in [0.3, 0.4) is 0 Å². The van der Waals surface area contributed by atoms with Crippen LogP contribution in [-0.4, -0.2) is 11.0 Å². The van der Waals surface area contributed by atoms with Crippen molar-refractivity contribution in [3.8, 4) is 0 Å². The number of anilines is 1. The van der Waals surface area contributed by atoms with Gasteiger partial charge in [0.05, 0.1) is 10.7 Å².